The van der Waals surface area contributed by atoms with Crippen LogP contribution in [0.1, 0.15) is 41.5 Å². The highest BCUT2D eigenvalue weighted by molar-refractivity contribution is 5.95. The number of hydrogen-bond acceptors (Lipinski definition) is 3. The lowest BCUT2D eigenvalue weighted by molar-refractivity contribution is -0.141. The Bertz CT molecular complexity index is 1240. The van der Waals surface area contributed by atoms with Gasteiger partial charge < -0.3 is 9.64 Å². The number of allylic oxidation sites excluding steroid dienone is 1. The lowest BCUT2D eigenvalue weighted by atomic mass is 9.83. The van der Waals surface area contributed by atoms with Crippen LogP contribution in [0.4, 0.5) is 8.78 Å². The average Bonchev–Trinajstić information content (AvgIpc) is 2.83. The van der Waals surface area contributed by atoms with Crippen molar-refractivity contribution in [2.75, 3.05) is 0 Å². The van der Waals surface area contributed by atoms with Crippen LogP contribution in [0.25, 0.3) is 0 Å². The molecule has 0 radical (unpaired) electrons. The Labute approximate surface area is 197 Å². The molecule has 1 heterocycles. The lowest BCUT2D eigenvalue weighted by Gasteiger charge is -2.34. The Morgan fingerprint density at radius 2 is 1.65 bits per heavy atom. The number of ether oxygens (including phenoxy) is 1. The third-order valence-corrected chi connectivity index (χ3v) is 6.06. The van der Waals surface area contributed by atoms with Gasteiger partial charge in [-0.1, -0.05) is 66.2 Å². The van der Waals surface area contributed by atoms with Crippen LogP contribution in [0.5, 0.6) is 0 Å². The van der Waals surface area contributed by atoms with Crippen molar-refractivity contribution in [3.05, 3.63) is 118 Å². The van der Waals surface area contributed by atoms with E-state index < -0.39 is 23.5 Å². The van der Waals surface area contributed by atoms with E-state index in [1.807, 2.05) is 61.5 Å². The van der Waals surface area contributed by atoms with E-state index in [0.717, 1.165) is 28.8 Å². The molecule has 34 heavy (non-hydrogen) atoms. The summed E-state index contributed by atoms with van der Waals surface area (Å²) in [4.78, 5) is 27.9. The molecule has 4 nitrogen and oxygen atoms in total. The van der Waals surface area contributed by atoms with Crippen LogP contribution in [0, 0.1) is 18.6 Å². The molecule has 0 N–H and O–H groups in total. The maximum absolute atomic E-state index is 13.7. The van der Waals surface area contributed by atoms with E-state index >= 15 is 0 Å². The topological polar surface area (TPSA) is 46.6 Å². The molecule has 0 fully saturated rings. The maximum atomic E-state index is 13.7. The number of aryl methyl sites for hydroxylation is 1. The smallest absolute Gasteiger partial charge is 0.336 e. The molecule has 3 aromatic rings. The van der Waals surface area contributed by atoms with Crippen molar-refractivity contribution < 1.29 is 23.1 Å². The zero-order valence-electron chi connectivity index (χ0n) is 19.1. The first-order valence-corrected chi connectivity index (χ1v) is 11.1. The highest BCUT2D eigenvalue weighted by atomic mass is 19.2. The first-order chi connectivity index (χ1) is 16.3. The van der Waals surface area contributed by atoms with Crippen LogP contribution in [0.2, 0.25) is 0 Å². The fourth-order valence-corrected chi connectivity index (χ4v) is 4.17. The van der Waals surface area contributed by atoms with Crippen LogP contribution < -0.4 is 0 Å². The van der Waals surface area contributed by atoms with E-state index in [0.29, 0.717) is 16.8 Å². The van der Waals surface area contributed by atoms with Gasteiger partial charge in [-0.15, -0.1) is 0 Å². The highest BCUT2D eigenvalue weighted by Gasteiger charge is 2.37. The molecule has 6 heteroatoms. The number of carbonyl (C=O) groups is 2. The fourth-order valence-electron chi connectivity index (χ4n) is 4.17. The Morgan fingerprint density at radius 1 is 0.941 bits per heavy atom. The molecule has 0 bridgehead atoms. The molecule has 4 rings (SSSR count). The summed E-state index contributed by atoms with van der Waals surface area (Å²) >= 11 is 0. The first kappa shape index (κ1) is 23.4. The summed E-state index contributed by atoms with van der Waals surface area (Å²) in [6, 6.07) is 20.6. The SMILES string of the molecule is CC1=C(C(=O)OCc2ccccc2)C(c2ccc(C)cc2)CC(=O)N1Cc1ccc(F)c(F)c1. The van der Waals surface area contributed by atoms with E-state index in [4.69, 9.17) is 4.74 Å². The second-order valence-corrected chi connectivity index (χ2v) is 8.46. The molecule has 1 aliphatic rings. The molecule has 0 saturated heterocycles. The summed E-state index contributed by atoms with van der Waals surface area (Å²) in [5.41, 5.74) is 4.03. The summed E-state index contributed by atoms with van der Waals surface area (Å²) in [7, 11) is 0. The third kappa shape index (κ3) is 5.06. The minimum Gasteiger partial charge on any atom is -0.457 e. The van der Waals surface area contributed by atoms with Gasteiger partial charge in [0.2, 0.25) is 5.91 Å². The Morgan fingerprint density at radius 3 is 2.32 bits per heavy atom. The zero-order valence-corrected chi connectivity index (χ0v) is 19.1. The molecule has 1 amide bonds. The van der Waals surface area contributed by atoms with Crippen molar-refractivity contribution >= 4 is 11.9 Å². The quantitative estimate of drug-likeness (QED) is 0.436. The van der Waals surface area contributed by atoms with Gasteiger partial charge in [0.25, 0.3) is 0 Å². The van der Waals surface area contributed by atoms with Crippen molar-refractivity contribution in [3.8, 4) is 0 Å². The van der Waals surface area contributed by atoms with Gasteiger partial charge in [0.1, 0.15) is 6.61 Å². The second kappa shape index (κ2) is 10.00. The monoisotopic (exact) mass is 461 g/mol. The minimum absolute atomic E-state index is 0.0257. The number of amides is 1. The molecule has 1 aliphatic heterocycles. The Hall–Kier alpha value is -3.80. The molecule has 0 spiro atoms. The summed E-state index contributed by atoms with van der Waals surface area (Å²) < 4.78 is 32.7. The second-order valence-electron chi connectivity index (χ2n) is 8.46. The van der Waals surface area contributed by atoms with Crippen LogP contribution in [0.15, 0.2) is 84.1 Å². The van der Waals surface area contributed by atoms with E-state index in [2.05, 4.69) is 0 Å². The number of esters is 1. The zero-order chi connectivity index (χ0) is 24.2. The molecule has 1 atom stereocenters. The van der Waals surface area contributed by atoms with Crippen LogP contribution in [-0.2, 0) is 27.5 Å². The summed E-state index contributed by atoms with van der Waals surface area (Å²) in [6.07, 6.45) is 0.0693. The number of halogens is 2. The summed E-state index contributed by atoms with van der Waals surface area (Å²) in [6.45, 7) is 3.79. The molecule has 1 unspecified atom stereocenters. The van der Waals surface area contributed by atoms with Gasteiger partial charge in [-0.05, 0) is 42.7 Å². The number of rotatable bonds is 6. The van der Waals surface area contributed by atoms with E-state index in [1.165, 1.54) is 11.0 Å². The molecular formula is C28H25F2NO3. The molecule has 174 valence electrons. The van der Waals surface area contributed by atoms with Gasteiger partial charge in [-0.2, -0.15) is 0 Å². The van der Waals surface area contributed by atoms with E-state index in [-0.39, 0.29) is 25.5 Å². The van der Waals surface area contributed by atoms with Crippen LogP contribution in [-0.4, -0.2) is 16.8 Å². The predicted molar refractivity (Wildman–Crippen MR) is 124 cm³/mol. The Kier molecular flexibility index (Phi) is 6.87. The van der Waals surface area contributed by atoms with Crippen molar-refractivity contribution in [1.29, 1.82) is 0 Å². The molecule has 0 aromatic heterocycles. The van der Waals surface area contributed by atoms with Gasteiger partial charge >= 0.3 is 5.97 Å². The standard InChI is InChI=1S/C28H25F2NO3/c1-18-8-11-22(12-9-18)23-15-26(32)31(16-21-10-13-24(29)25(30)14-21)19(2)27(23)28(33)34-17-20-6-4-3-5-7-20/h3-14,23H,15-17H2,1-2H3. The summed E-state index contributed by atoms with van der Waals surface area (Å²) in [5.74, 6) is -3.10. The normalized spacial score (nSPS) is 16.1. The van der Waals surface area contributed by atoms with E-state index in [1.54, 1.807) is 6.92 Å². The lowest BCUT2D eigenvalue weighted by Crippen LogP contribution is -2.38. The summed E-state index contributed by atoms with van der Waals surface area (Å²) in [5, 5.41) is 0. The van der Waals surface area contributed by atoms with Gasteiger partial charge in [-0.3, -0.25) is 4.79 Å². The molecule has 0 aliphatic carbocycles. The minimum atomic E-state index is -0.983. The van der Waals surface area contributed by atoms with E-state index in [9.17, 15) is 18.4 Å². The molecular weight excluding hydrogens is 436 g/mol. The van der Waals surface area contributed by atoms with Gasteiger partial charge in [-0.25, -0.2) is 13.6 Å². The number of benzene rings is 3. The number of carbonyl (C=O) groups excluding carboxylic acids is 2. The van der Waals surface area contributed by atoms with Gasteiger partial charge in [0, 0.05) is 18.0 Å². The molecule has 3 aromatic carbocycles. The van der Waals surface area contributed by atoms with Crippen molar-refractivity contribution in [2.45, 2.75) is 39.3 Å². The van der Waals surface area contributed by atoms with Crippen LogP contribution in [0.3, 0.4) is 0 Å². The largest absolute Gasteiger partial charge is 0.457 e. The Balaban J connectivity index is 1.68. The van der Waals surface area contributed by atoms with Crippen molar-refractivity contribution in [3.63, 3.8) is 0 Å². The highest BCUT2D eigenvalue weighted by Crippen LogP contribution is 2.38. The predicted octanol–water partition coefficient (Wildman–Crippen LogP) is 5.81. The van der Waals surface area contributed by atoms with Crippen LogP contribution >= 0.6 is 0 Å². The average molecular weight is 462 g/mol. The van der Waals surface area contributed by atoms with Crippen molar-refractivity contribution in [1.82, 2.24) is 4.90 Å². The third-order valence-electron chi connectivity index (χ3n) is 6.06. The van der Waals surface area contributed by atoms with Gasteiger partial charge in [0.05, 0.1) is 12.1 Å². The van der Waals surface area contributed by atoms with Gasteiger partial charge in [0.15, 0.2) is 11.6 Å². The first-order valence-electron chi connectivity index (χ1n) is 11.1. The maximum Gasteiger partial charge on any atom is 0.336 e. The van der Waals surface area contributed by atoms with Crippen molar-refractivity contribution in [2.24, 2.45) is 0 Å². The molecule has 0 saturated carbocycles. The number of hydrogen-bond donors (Lipinski definition) is 0. The number of nitrogens with zero attached hydrogens (tertiary/aromatic N) is 1. The fraction of sp³-hybridized carbons (Fsp3) is 0.214.